The third kappa shape index (κ3) is 19.9. The van der Waals surface area contributed by atoms with Gasteiger partial charge in [0, 0.05) is 0 Å². The quantitative estimate of drug-likeness (QED) is 0.369. The van der Waals surface area contributed by atoms with Gasteiger partial charge < -0.3 is 45.0 Å². The predicted molar refractivity (Wildman–Crippen MR) is 5.28 cm³/mol. The lowest BCUT2D eigenvalue weighted by Gasteiger charge is -1.14. The molecule has 0 aliphatic carbocycles. The van der Waals surface area contributed by atoms with Crippen LogP contribution in [0.4, 0.5) is 0 Å². The average molecular weight is 190 g/mol. The van der Waals surface area contributed by atoms with Gasteiger partial charge in [0.2, 0.25) is 0 Å². The minimum Gasteiger partial charge on any atom is -1.00 e. The molecule has 0 aromatic carbocycles. The molecule has 0 aliphatic rings. The SMILES string of the molecule is [Br-].[Br-].[N-]=[NH2+]. The second-order valence-electron chi connectivity index (χ2n) is 0. The van der Waals surface area contributed by atoms with Crippen molar-refractivity contribution >= 4 is 0 Å². The summed E-state index contributed by atoms with van der Waals surface area (Å²) in [5, 5.41) is 0. The molecule has 0 bridgehead atoms. The molecule has 4 heavy (non-hydrogen) atoms. The van der Waals surface area contributed by atoms with Gasteiger partial charge in [0.1, 0.15) is 0 Å². The van der Waals surface area contributed by atoms with Gasteiger partial charge in [-0.05, 0) is 0 Å². The smallest absolute Gasteiger partial charge is 0.349 e. The van der Waals surface area contributed by atoms with Gasteiger partial charge in [0.05, 0.1) is 0 Å². The van der Waals surface area contributed by atoms with Gasteiger partial charge in [0.15, 0.2) is 0 Å². The van der Waals surface area contributed by atoms with E-state index in [-0.39, 0.29) is 34.0 Å². The molecule has 0 aromatic rings. The first kappa shape index (κ1) is 23.7. The Morgan fingerprint density at radius 3 is 1.00 bits per heavy atom. The molecule has 0 rings (SSSR count). The second-order valence-corrected chi connectivity index (χ2v) is 0. The Labute approximate surface area is 45.4 Å². The first-order valence-corrected chi connectivity index (χ1v) is 0.258. The summed E-state index contributed by atoms with van der Waals surface area (Å²) < 4.78 is 0. The lowest BCUT2D eigenvalue weighted by atomic mass is 13.3. The Kier molecular flexibility index (Phi) is 442. The third-order valence-corrected chi connectivity index (χ3v) is 0. The van der Waals surface area contributed by atoms with E-state index in [1.165, 1.54) is 0 Å². The minimum absolute atomic E-state index is 0. The summed E-state index contributed by atoms with van der Waals surface area (Å²) in [6, 6.07) is 0. The van der Waals surface area contributed by atoms with Crippen LogP contribution in [-0.2, 0) is 0 Å². The fourth-order valence-electron chi connectivity index (χ4n) is 0. The van der Waals surface area contributed by atoms with Gasteiger partial charge in [-0.15, -0.1) is 0 Å². The maximum atomic E-state index is 6.50. The highest BCUT2D eigenvalue weighted by molar-refractivity contribution is 3.50. The summed E-state index contributed by atoms with van der Waals surface area (Å²) in [7, 11) is 0. The van der Waals surface area contributed by atoms with E-state index in [2.05, 4.69) is 5.53 Å². The van der Waals surface area contributed by atoms with E-state index in [0.29, 0.717) is 0 Å². The highest BCUT2D eigenvalue weighted by atomic mass is 79.9. The number of hydrogen-bond donors (Lipinski definition) is 1. The van der Waals surface area contributed by atoms with Crippen LogP contribution in [0.1, 0.15) is 0 Å². The second kappa shape index (κ2) is 74.4. The van der Waals surface area contributed by atoms with Crippen molar-refractivity contribution in [2.75, 3.05) is 0 Å². The molecule has 0 aromatic heterocycles. The molecule has 0 radical (unpaired) electrons. The summed E-state index contributed by atoms with van der Waals surface area (Å²) in [5.74, 6) is 0. The average Bonchev–Trinajstić information content (AvgIpc) is 1.00. The first-order chi connectivity index (χ1) is 1.00. The maximum absolute atomic E-state index is 6.50. The molecule has 0 aliphatic heterocycles. The van der Waals surface area contributed by atoms with E-state index in [4.69, 9.17) is 5.53 Å². The van der Waals surface area contributed by atoms with Crippen LogP contribution in [0.5, 0.6) is 0 Å². The standard InChI is InChI=1S/2BrH.H2N2/c;;1-2/h2*1H;1H2/p-2. The zero-order valence-electron chi connectivity index (χ0n) is 1.78. The van der Waals surface area contributed by atoms with Crippen molar-refractivity contribution in [3.8, 4) is 0 Å². The van der Waals surface area contributed by atoms with Crippen LogP contribution < -0.4 is 39.5 Å². The Morgan fingerprint density at radius 1 is 1.00 bits per heavy atom. The van der Waals surface area contributed by atoms with Crippen molar-refractivity contribution in [3.63, 3.8) is 0 Å². The van der Waals surface area contributed by atoms with E-state index < -0.39 is 0 Å². The van der Waals surface area contributed by atoms with Gasteiger partial charge in [0.25, 0.3) is 0 Å². The van der Waals surface area contributed by atoms with Gasteiger partial charge in [-0.2, -0.15) is 0 Å². The predicted octanol–water partition coefficient (Wildman–Crippen LogP) is -7.22. The van der Waals surface area contributed by atoms with Crippen LogP contribution in [0.15, 0.2) is 0 Å². The third-order valence-electron chi connectivity index (χ3n) is 0. The molecule has 0 fully saturated rings. The highest BCUT2D eigenvalue weighted by Gasteiger charge is 0.282. The summed E-state index contributed by atoms with van der Waals surface area (Å²) >= 11 is 0. The van der Waals surface area contributed by atoms with Crippen LogP contribution in [0.25, 0.3) is 5.53 Å². The molecule has 0 unspecified atom stereocenters. The molecule has 0 saturated heterocycles. The largest absolute Gasteiger partial charge is 1.00 e. The van der Waals surface area contributed by atoms with Crippen LogP contribution in [0, 0.1) is 0 Å². The van der Waals surface area contributed by atoms with Gasteiger partial charge in [-0.1, -0.05) is 0 Å². The Hall–Kier alpha value is 0.560. The number of halogens is 2. The zero-order chi connectivity index (χ0) is 2.00. The van der Waals surface area contributed by atoms with E-state index in [0.717, 1.165) is 0 Å². The van der Waals surface area contributed by atoms with Crippen molar-refractivity contribution in [3.05, 3.63) is 5.53 Å². The van der Waals surface area contributed by atoms with Gasteiger partial charge >= 0.3 is 0 Å². The number of nitrogens with two attached hydrogens (primary N) is 1. The first-order valence-electron chi connectivity index (χ1n) is 0.258. The molecule has 4 heteroatoms. The molecule has 28 valence electrons. The fraction of sp³-hybridized carbons (Fsp3) is 0. The molecular formula is H2Br2N2-2. The van der Waals surface area contributed by atoms with E-state index in [1.54, 1.807) is 0 Å². The monoisotopic (exact) mass is 188 g/mol. The van der Waals surface area contributed by atoms with Crippen molar-refractivity contribution < 1.29 is 39.5 Å². The van der Waals surface area contributed by atoms with E-state index in [1.807, 2.05) is 0 Å². The van der Waals surface area contributed by atoms with Crippen molar-refractivity contribution in [2.24, 2.45) is 0 Å². The molecule has 0 saturated carbocycles. The Balaban J connectivity index is -0.00000000500. The highest BCUT2D eigenvalue weighted by Crippen LogP contribution is 0.493. The molecule has 0 heterocycles. The Morgan fingerprint density at radius 2 is 1.00 bits per heavy atom. The van der Waals surface area contributed by atoms with E-state index in [9.17, 15) is 0 Å². The van der Waals surface area contributed by atoms with Crippen molar-refractivity contribution in [1.29, 1.82) is 0 Å². The number of hydrogen-bond acceptors (Lipinski definition) is 0. The molecular weight excluding hydrogens is 188 g/mol. The van der Waals surface area contributed by atoms with Crippen LogP contribution in [0.2, 0.25) is 0 Å². The lowest BCUT2D eigenvalue weighted by molar-refractivity contribution is -0.143. The molecule has 0 spiro atoms. The molecule has 0 amide bonds. The molecule has 0 atom stereocenters. The van der Waals surface area contributed by atoms with Gasteiger partial charge in [-0.3, -0.25) is 0 Å². The molecule has 2 N–H and O–H groups in total. The summed E-state index contributed by atoms with van der Waals surface area (Å²) in [6.07, 6.45) is 0. The topological polar surface area (TPSA) is 47.9 Å². The normalized spacial score (nSPS) is 1.00. The van der Waals surface area contributed by atoms with Crippen molar-refractivity contribution in [1.82, 2.24) is 0 Å². The summed E-state index contributed by atoms with van der Waals surface area (Å²) in [4.78, 5) is 0. The zero-order valence-corrected chi connectivity index (χ0v) is 4.95. The van der Waals surface area contributed by atoms with Crippen LogP contribution in [-0.4, -0.2) is 0 Å². The minimum atomic E-state index is 0. The Bertz CT molecular complexity index is 4.00. The summed E-state index contributed by atoms with van der Waals surface area (Å²) in [6.45, 7) is 0. The van der Waals surface area contributed by atoms with Crippen molar-refractivity contribution in [2.45, 2.75) is 0 Å². The van der Waals surface area contributed by atoms with Crippen LogP contribution in [0.3, 0.4) is 0 Å². The van der Waals surface area contributed by atoms with Gasteiger partial charge in [-0.25, -0.2) is 0 Å². The number of rotatable bonds is 0. The van der Waals surface area contributed by atoms with Crippen LogP contribution >= 0.6 is 0 Å². The van der Waals surface area contributed by atoms with E-state index >= 15 is 0 Å². The lowest BCUT2D eigenvalue weighted by Crippen LogP contribution is -3.00. The fourth-order valence-corrected chi connectivity index (χ4v) is 0. The molecule has 2 nitrogen and oxygen atoms in total. The number of nitrogens with zero attached hydrogens (tertiary/aromatic N) is 1. The summed E-state index contributed by atoms with van der Waals surface area (Å²) in [5.41, 5.74) is 10.0. The maximum Gasteiger partial charge on any atom is -0.349 e.